The van der Waals surface area contributed by atoms with Crippen LogP contribution in [0.4, 0.5) is 0 Å². The maximum absolute atomic E-state index is 8.75. The molecule has 8 N–H and O–H groups in total. The van der Waals surface area contributed by atoms with Crippen molar-refractivity contribution in [3.05, 3.63) is 0 Å². The summed E-state index contributed by atoms with van der Waals surface area (Å²) >= 11 is 0. The van der Waals surface area contributed by atoms with Crippen LogP contribution in [0.5, 0.6) is 0 Å². The molecular formula is C6H14O8. The summed E-state index contributed by atoms with van der Waals surface area (Å²) in [6, 6.07) is 0. The maximum atomic E-state index is 8.75. The van der Waals surface area contributed by atoms with Crippen LogP contribution >= 0.6 is 0 Å². The molecule has 0 rings (SSSR count). The third kappa shape index (κ3) is 2.59. The van der Waals surface area contributed by atoms with E-state index < -0.39 is 37.0 Å². The summed E-state index contributed by atoms with van der Waals surface area (Å²) in [5.74, 6) is 0. The third-order valence-corrected chi connectivity index (χ3v) is 1.98. The van der Waals surface area contributed by atoms with E-state index in [0.29, 0.717) is 0 Å². The fourth-order valence-corrected chi connectivity index (χ4v) is 1.03. The van der Waals surface area contributed by atoms with Crippen LogP contribution < -0.4 is 0 Å². The second kappa shape index (κ2) is 4.96. The van der Waals surface area contributed by atoms with Crippen molar-refractivity contribution in [3.63, 3.8) is 0 Å². The van der Waals surface area contributed by atoms with Gasteiger partial charge in [0.1, 0.15) is 5.41 Å². The van der Waals surface area contributed by atoms with Crippen molar-refractivity contribution >= 4 is 0 Å². The summed E-state index contributed by atoms with van der Waals surface area (Å²) in [4.78, 5) is 0. The molecule has 0 aromatic heterocycles. The van der Waals surface area contributed by atoms with E-state index in [1.54, 1.807) is 0 Å². The van der Waals surface area contributed by atoms with Gasteiger partial charge in [0.25, 0.3) is 0 Å². The molecule has 0 unspecified atom stereocenters. The molecule has 0 heterocycles. The number of aliphatic hydroxyl groups is 8. The van der Waals surface area contributed by atoms with Crippen LogP contribution in [0.2, 0.25) is 0 Å². The molecule has 8 nitrogen and oxygen atoms in total. The van der Waals surface area contributed by atoms with Gasteiger partial charge in [-0.1, -0.05) is 0 Å². The molecule has 0 aliphatic carbocycles. The van der Waals surface area contributed by atoms with Gasteiger partial charge in [0, 0.05) is 6.42 Å². The highest BCUT2D eigenvalue weighted by Gasteiger charge is 2.50. The van der Waals surface area contributed by atoms with E-state index in [4.69, 9.17) is 40.9 Å². The Hall–Kier alpha value is -0.320. The monoisotopic (exact) mass is 214 g/mol. The van der Waals surface area contributed by atoms with Crippen LogP contribution in [0.15, 0.2) is 0 Å². The SMILES string of the molecule is OC(O)CC(C(O)O)(C(O)O)C(O)O. The van der Waals surface area contributed by atoms with Gasteiger partial charge in [-0.2, -0.15) is 0 Å². The van der Waals surface area contributed by atoms with Gasteiger partial charge in [0.2, 0.25) is 0 Å². The molecule has 86 valence electrons. The van der Waals surface area contributed by atoms with Crippen molar-refractivity contribution in [1.82, 2.24) is 0 Å². The van der Waals surface area contributed by atoms with E-state index in [1.165, 1.54) is 0 Å². The first-order valence-corrected chi connectivity index (χ1v) is 3.69. The Morgan fingerprint density at radius 2 is 0.929 bits per heavy atom. The predicted octanol–water partition coefficient (Wildman–Crippen LogP) is -4.39. The first kappa shape index (κ1) is 13.7. The Labute approximate surface area is 78.9 Å². The smallest absolute Gasteiger partial charge is 0.167 e. The van der Waals surface area contributed by atoms with Gasteiger partial charge in [-0.15, -0.1) is 0 Å². The molecule has 0 saturated heterocycles. The van der Waals surface area contributed by atoms with Gasteiger partial charge in [0.15, 0.2) is 25.2 Å². The average Bonchev–Trinajstić information content (AvgIpc) is 1.97. The maximum Gasteiger partial charge on any atom is 0.167 e. The Kier molecular flexibility index (Phi) is 4.84. The summed E-state index contributed by atoms with van der Waals surface area (Å²) < 4.78 is 0. The molecule has 0 radical (unpaired) electrons. The van der Waals surface area contributed by atoms with Gasteiger partial charge >= 0.3 is 0 Å². The largest absolute Gasteiger partial charge is 0.368 e. The summed E-state index contributed by atoms with van der Waals surface area (Å²) in [5, 5.41) is 69.5. The highest BCUT2D eigenvalue weighted by atomic mass is 16.5. The van der Waals surface area contributed by atoms with E-state index in [0.717, 1.165) is 0 Å². The van der Waals surface area contributed by atoms with Crippen molar-refractivity contribution in [2.24, 2.45) is 5.41 Å². The summed E-state index contributed by atoms with van der Waals surface area (Å²) in [7, 11) is 0. The molecule has 0 aromatic rings. The number of aliphatic hydroxyl groups excluding tert-OH is 4. The van der Waals surface area contributed by atoms with Gasteiger partial charge in [-0.25, -0.2) is 0 Å². The Bertz CT molecular complexity index is 143. The van der Waals surface area contributed by atoms with Crippen LogP contribution in [0.25, 0.3) is 0 Å². The number of hydrogen-bond donors (Lipinski definition) is 8. The molecule has 0 saturated carbocycles. The molecular weight excluding hydrogens is 200 g/mol. The highest BCUT2D eigenvalue weighted by Crippen LogP contribution is 2.33. The van der Waals surface area contributed by atoms with E-state index in [1.807, 2.05) is 0 Å². The minimum absolute atomic E-state index is 1.03. The fourth-order valence-electron chi connectivity index (χ4n) is 1.03. The Balaban J connectivity index is 4.95. The van der Waals surface area contributed by atoms with Crippen molar-refractivity contribution in [2.45, 2.75) is 31.6 Å². The topological polar surface area (TPSA) is 162 Å². The lowest BCUT2D eigenvalue weighted by Gasteiger charge is -2.38. The molecule has 0 aliphatic rings. The average molecular weight is 214 g/mol. The molecule has 0 atom stereocenters. The van der Waals surface area contributed by atoms with E-state index in [9.17, 15) is 0 Å². The zero-order chi connectivity index (χ0) is 11.5. The van der Waals surface area contributed by atoms with Crippen LogP contribution in [-0.2, 0) is 0 Å². The van der Waals surface area contributed by atoms with Crippen molar-refractivity contribution in [2.75, 3.05) is 0 Å². The third-order valence-electron chi connectivity index (χ3n) is 1.98. The molecule has 14 heavy (non-hydrogen) atoms. The van der Waals surface area contributed by atoms with Crippen LogP contribution in [0, 0.1) is 5.41 Å². The molecule has 0 bridgehead atoms. The van der Waals surface area contributed by atoms with E-state index in [2.05, 4.69) is 0 Å². The molecule has 0 spiro atoms. The zero-order valence-electron chi connectivity index (χ0n) is 7.09. The fraction of sp³-hybridized carbons (Fsp3) is 1.00. The van der Waals surface area contributed by atoms with Crippen molar-refractivity contribution in [1.29, 1.82) is 0 Å². The normalized spacial score (nSPS) is 13.7. The second-order valence-corrected chi connectivity index (χ2v) is 2.92. The minimum atomic E-state index is -2.64. The predicted molar refractivity (Wildman–Crippen MR) is 40.0 cm³/mol. The van der Waals surface area contributed by atoms with Crippen molar-refractivity contribution < 1.29 is 40.9 Å². The number of hydrogen-bond acceptors (Lipinski definition) is 8. The molecule has 0 aliphatic heterocycles. The van der Waals surface area contributed by atoms with Crippen LogP contribution in [0.1, 0.15) is 6.42 Å². The molecule has 0 fully saturated rings. The summed E-state index contributed by atoms with van der Waals surface area (Å²) in [6.45, 7) is 0. The van der Waals surface area contributed by atoms with Gasteiger partial charge in [0.05, 0.1) is 0 Å². The van der Waals surface area contributed by atoms with Crippen LogP contribution in [-0.4, -0.2) is 66.0 Å². The van der Waals surface area contributed by atoms with Gasteiger partial charge in [-0.05, 0) is 0 Å². The first-order chi connectivity index (χ1) is 6.25. The van der Waals surface area contributed by atoms with Crippen molar-refractivity contribution in [3.8, 4) is 0 Å². The highest BCUT2D eigenvalue weighted by molar-refractivity contribution is 4.86. The van der Waals surface area contributed by atoms with E-state index >= 15 is 0 Å². The van der Waals surface area contributed by atoms with E-state index in [-0.39, 0.29) is 0 Å². The summed E-state index contributed by atoms with van der Waals surface area (Å²) in [5.41, 5.74) is -2.64. The second-order valence-electron chi connectivity index (χ2n) is 2.92. The standard InChI is InChI=1S/C6H14O8/c7-2(8)1-6(3(9)10,4(11)12)5(13)14/h2-5,7-14H,1H2. The first-order valence-electron chi connectivity index (χ1n) is 3.69. The number of rotatable bonds is 5. The lowest BCUT2D eigenvalue weighted by molar-refractivity contribution is -0.324. The molecule has 0 aromatic carbocycles. The molecule has 8 heteroatoms. The minimum Gasteiger partial charge on any atom is -0.368 e. The lowest BCUT2D eigenvalue weighted by Crippen LogP contribution is -2.55. The zero-order valence-corrected chi connectivity index (χ0v) is 7.09. The Morgan fingerprint density at radius 1 is 0.643 bits per heavy atom. The van der Waals surface area contributed by atoms with Gasteiger partial charge in [-0.3, -0.25) is 0 Å². The summed E-state index contributed by atoms with van der Waals surface area (Å²) in [6.07, 6.45) is -10.8. The molecule has 0 amide bonds. The van der Waals surface area contributed by atoms with Gasteiger partial charge < -0.3 is 40.9 Å². The Morgan fingerprint density at radius 3 is 1.00 bits per heavy atom. The quantitative estimate of drug-likeness (QED) is 0.213. The lowest BCUT2D eigenvalue weighted by atomic mass is 9.81. The van der Waals surface area contributed by atoms with Crippen LogP contribution in [0.3, 0.4) is 0 Å².